The van der Waals surface area contributed by atoms with Crippen LogP contribution >= 0.6 is 7.92 Å². The molecule has 3 aromatic carbocycles. The average molecular weight is 646 g/mol. The van der Waals surface area contributed by atoms with Crippen molar-refractivity contribution < 1.29 is 24.1 Å². The first-order chi connectivity index (χ1) is 19.4. The van der Waals surface area contributed by atoms with Gasteiger partial charge in [0.1, 0.15) is 0 Å². The Morgan fingerprint density at radius 1 is 0.610 bits per heavy atom. The van der Waals surface area contributed by atoms with E-state index in [1.54, 1.807) is 0 Å². The monoisotopic (exact) mass is 646 g/mol. The predicted octanol–water partition coefficient (Wildman–Crippen LogP) is 9.80. The van der Waals surface area contributed by atoms with E-state index in [9.17, 15) is 0 Å². The Balaban J connectivity index is 0.000000737. The van der Waals surface area contributed by atoms with Gasteiger partial charge in [-0.15, -0.1) is 0 Å². The molecule has 4 rings (SSSR count). The fraction of sp³-hybridized carbons (Fsp3) is 0.237. The van der Waals surface area contributed by atoms with E-state index in [1.165, 1.54) is 0 Å². The predicted molar refractivity (Wildman–Crippen MR) is 173 cm³/mol. The van der Waals surface area contributed by atoms with E-state index >= 15 is 0 Å². The maximum absolute atomic E-state index is 7.50. The normalized spacial score (nSPS) is 11.2. The number of benzene rings is 3. The molecule has 0 aliphatic heterocycles. The van der Waals surface area contributed by atoms with Gasteiger partial charge in [0.05, 0.1) is 0 Å². The molecule has 0 N–H and O–H groups in total. The minimum Gasteiger partial charge on any atom is -0.0312 e. The van der Waals surface area contributed by atoms with Gasteiger partial charge in [-0.3, -0.25) is 0 Å². The van der Waals surface area contributed by atoms with Crippen LogP contribution in [0.5, 0.6) is 0 Å². The molecule has 0 bridgehead atoms. The van der Waals surface area contributed by atoms with E-state index < -0.39 is 0 Å². The third-order valence-corrected chi connectivity index (χ3v) is 9.28. The maximum Gasteiger partial charge on any atom is 2.00 e. The zero-order valence-corrected chi connectivity index (χ0v) is 27.6. The number of hydrogen-bond acceptors (Lipinski definition) is 0. The third kappa shape index (κ3) is 16.5. The third-order valence-electron chi connectivity index (χ3n) is 5.70. The second-order valence-electron chi connectivity index (χ2n) is 9.66. The zero-order chi connectivity index (χ0) is 29.6. The summed E-state index contributed by atoms with van der Waals surface area (Å²) < 4.78 is 7.50. The molecule has 1 nitrogen and oxygen atoms in total. The van der Waals surface area contributed by atoms with Crippen molar-refractivity contribution in [1.82, 2.24) is 0 Å². The second-order valence-corrected chi connectivity index (χ2v) is 13.7. The Labute approximate surface area is 265 Å². The van der Waals surface area contributed by atoms with E-state index in [2.05, 4.69) is 96.1 Å². The topological polar surface area (TPSA) is 19.9 Å². The van der Waals surface area contributed by atoms with Crippen molar-refractivity contribution in [1.29, 1.82) is 0 Å². The van der Waals surface area contributed by atoms with Crippen molar-refractivity contribution in [3.8, 4) is 11.8 Å². The minimum absolute atomic E-state index is 0. The molecule has 0 atom stereocenters. The van der Waals surface area contributed by atoms with Crippen LogP contribution in [0.1, 0.15) is 58.2 Å². The second kappa shape index (κ2) is 24.2. The molecule has 0 amide bonds. The molecular formula is C38H41OPRu+. The van der Waals surface area contributed by atoms with Crippen LogP contribution in [-0.4, -0.2) is 17.0 Å². The number of allylic oxidation sites excluding steroid dienone is 1. The number of rotatable bonds is 5. The standard InChI is InChI=1S/C23H15.C9H21P.C5H5.CO.Ru/c1-4-12-20(13-5-1)14-10-11-19-23(21-15-6-2-7-16-21)22-17-8-3-9-18-22;1-7(2)10(8(3)4)9(5)6;1-2-4-5-3-1;1-2;/h1-9,12-13,15-18H;7-9H,1-6H3;1-5H;;/q-1;;;;+2. The van der Waals surface area contributed by atoms with Crippen molar-refractivity contribution in [3.63, 3.8) is 0 Å². The molecule has 41 heavy (non-hydrogen) atoms. The Morgan fingerprint density at radius 3 is 1.27 bits per heavy atom. The van der Waals surface area contributed by atoms with Crippen molar-refractivity contribution >= 4 is 13.5 Å². The van der Waals surface area contributed by atoms with Gasteiger partial charge >= 0.3 is 30.8 Å². The molecule has 211 valence electrons. The molecular weight excluding hydrogens is 604 g/mol. The van der Waals surface area contributed by atoms with E-state index in [4.69, 9.17) is 4.65 Å². The molecule has 1 saturated carbocycles. The molecule has 0 heterocycles. The van der Waals surface area contributed by atoms with Gasteiger partial charge in [0.15, 0.2) is 0 Å². The molecule has 3 aromatic rings. The summed E-state index contributed by atoms with van der Waals surface area (Å²) in [6, 6.07) is 30.3. The van der Waals surface area contributed by atoms with Gasteiger partial charge < -0.3 is 0 Å². The van der Waals surface area contributed by atoms with E-state index in [0.29, 0.717) is 0 Å². The summed E-state index contributed by atoms with van der Waals surface area (Å²) in [5.41, 5.74) is 10.1. The first kappa shape index (κ1) is 38.5. The van der Waals surface area contributed by atoms with E-state index in [1.807, 2.05) is 98.8 Å². The SMILES string of the molecule is C(=[C-]C#Cc1ccccc1)=C(c1ccccc1)c1ccccc1.CC(C)P(C(C)C)C(C)C.[C-]#[O+].[CH]1[CH][CH][CH][CH]1.[Ru+2]. The summed E-state index contributed by atoms with van der Waals surface area (Å²) in [5, 5.41) is 0. The van der Waals surface area contributed by atoms with Crippen molar-refractivity contribution in [2.45, 2.75) is 58.5 Å². The molecule has 0 spiro atoms. The van der Waals surface area contributed by atoms with Gasteiger partial charge in [0.2, 0.25) is 0 Å². The van der Waals surface area contributed by atoms with E-state index in [-0.39, 0.29) is 27.4 Å². The molecule has 0 saturated heterocycles. The van der Waals surface area contributed by atoms with E-state index in [0.717, 1.165) is 39.2 Å². The van der Waals surface area contributed by atoms with Crippen LogP contribution in [0.2, 0.25) is 0 Å². The Hall–Kier alpha value is -2.47. The molecule has 1 aliphatic carbocycles. The molecule has 1 aliphatic rings. The smallest absolute Gasteiger partial charge is 0.0312 e. The van der Waals surface area contributed by atoms with Gasteiger partial charge in [-0.1, -0.05) is 163 Å². The number of hydrogen-bond donors (Lipinski definition) is 0. The van der Waals surface area contributed by atoms with Crippen molar-refractivity contribution in [2.24, 2.45) is 0 Å². The molecule has 3 heteroatoms. The average Bonchev–Trinajstić information content (AvgIpc) is 3.56. The van der Waals surface area contributed by atoms with Crippen LogP contribution in [0.25, 0.3) is 5.57 Å². The first-order valence-electron chi connectivity index (χ1n) is 13.6. The van der Waals surface area contributed by atoms with Gasteiger partial charge in [-0.05, 0) is 54.6 Å². The summed E-state index contributed by atoms with van der Waals surface area (Å²) in [7, 11) is 0.262. The van der Waals surface area contributed by atoms with Gasteiger partial charge in [-0.2, -0.15) is 0 Å². The fourth-order valence-corrected chi connectivity index (χ4v) is 7.93. The van der Waals surface area contributed by atoms with Crippen LogP contribution in [-0.2, 0) is 24.1 Å². The summed E-state index contributed by atoms with van der Waals surface area (Å²) >= 11 is 0. The minimum atomic E-state index is 0. The van der Waals surface area contributed by atoms with Gasteiger partial charge in [0, 0.05) is 0 Å². The molecule has 1 fully saturated rings. The Kier molecular flexibility index (Phi) is 22.7. The maximum atomic E-state index is 7.50. The van der Waals surface area contributed by atoms with Crippen LogP contribution in [0.3, 0.4) is 0 Å². The first-order valence-corrected chi connectivity index (χ1v) is 15.1. The summed E-state index contributed by atoms with van der Waals surface area (Å²) in [6.07, 6.45) is 13.0. The van der Waals surface area contributed by atoms with Crippen molar-refractivity contribution in [3.05, 3.63) is 158 Å². The summed E-state index contributed by atoms with van der Waals surface area (Å²) in [5.74, 6) is 6.01. The quantitative estimate of drug-likeness (QED) is 0.0658. The largest absolute Gasteiger partial charge is 2.00 e. The van der Waals surface area contributed by atoms with Crippen LogP contribution < -0.4 is 0 Å². The van der Waals surface area contributed by atoms with Crippen LogP contribution in [0.15, 0.2) is 96.7 Å². The molecule has 0 unspecified atom stereocenters. The molecule has 5 radical (unpaired) electrons. The fourth-order valence-electron chi connectivity index (χ4n) is 4.35. The zero-order valence-electron chi connectivity index (χ0n) is 25.0. The molecule has 0 aromatic heterocycles. The Morgan fingerprint density at radius 2 is 0.951 bits per heavy atom. The Bertz CT molecular complexity index is 1120. The van der Waals surface area contributed by atoms with Gasteiger partial charge in [-0.25, -0.2) is 17.6 Å². The van der Waals surface area contributed by atoms with Crippen LogP contribution in [0, 0.1) is 56.7 Å². The van der Waals surface area contributed by atoms with Crippen molar-refractivity contribution in [2.75, 3.05) is 0 Å². The summed E-state index contributed by atoms with van der Waals surface area (Å²) in [4.78, 5) is 0. The summed E-state index contributed by atoms with van der Waals surface area (Å²) in [6.45, 7) is 18.6. The van der Waals surface area contributed by atoms with Gasteiger partial charge in [0.25, 0.3) is 0 Å². The van der Waals surface area contributed by atoms with Crippen LogP contribution in [0.4, 0.5) is 0 Å².